The molecule has 4 heteroatoms. The molecule has 2 N–H and O–H groups in total. The fourth-order valence-corrected chi connectivity index (χ4v) is 3.75. The summed E-state index contributed by atoms with van der Waals surface area (Å²) in [6.07, 6.45) is 4.15. The zero-order chi connectivity index (χ0) is 17.9. The molecule has 0 aliphatic heterocycles. The average Bonchev–Trinajstić information content (AvgIpc) is 3.10. The molecule has 0 spiro atoms. The lowest BCUT2D eigenvalue weighted by atomic mass is 10.1. The predicted octanol–water partition coefficient (Wildman–Crippen LogP) is 5.72. The monoisotopic (exact) mass is 358 g/mol. The van der Waals surface area contributed by atoms with Crippen LogP contribution in [0.3, 0.4) is 0 Å². The van der Waals surface area contributed by atoms with Crippen LogP contribution >= 0.6 is 11.3 Å². The Labute approximate surface area is 156 Å². The van der Waals surface area contributed by atoms with Crippen LogP contribution in [0, 0.1) is 0 Å². The minimum Gasteiger partial charge on any atom is -0.497 e. The van der Waals surface area contributed by atoms with Gasteiger partial charge in [-0.05, 0) is 41.5 Å². The normalized spacial score (nSPS) is 11.3. The van der Waals surface area contributed by atoms with Crippen molar-refractivity contribution in [2.75, 3.05) is 12.8 Å². The van der Waals surface area contributed by atoms with Gasteiger partial charge in [0.05, 0.1) is 17.3 Å². The van der Waals surface area contributed by atoms with Crippen LogP contribution in [-0.2, 0) is 0 Å². The molecule has 0 saturated carbocycles. The van der Waals surface area contributed by atoms with E-state index in [-0.39, 0.29) is 0 Å². The molecule has 128 valence electrons. The third-order valence-electron chi connectivity index (χ3n) is 4.13. The number of ether oxygens (including phenoxy) is 1. The highest BCUT2D eigenvalue weighted by Crippen LogP contribution is 2.32. The molecule has 4 aromatic rings. The van der Waals surface area contributed by atoms with Crippen molar-refractivity contribution < 1.29 is 4.74 Å². The van der Waals surface area contributed by atoms with E-state index in [0.717, 1.165) is 43.4 Å². The van der Waals surface area contributed by atoms with Crippen molar-refractivity contribution in [3.8, 4) is 16.3 Å². The van der Waals surface area contributed by atoms with Crippen LogP contribution in [0.2, 0.25) is 0 Å². The second kappa shape index (κ2) is 7.02. The number of thiazole rings is 1. The second-order valence-corrected chi connectivity index (χ2v) is 7.01. The number of nitrogen functional groups attached to an aromatic ring is 1. The molecule has 0 bridgehead atoms. The first kappa shape index (κ1) is 16.4. The van der Waals surface area contributed by atoms with Crippen LogP contribution in [0.15, 0.2) is 66.7 Å². The lowest BCUT2D eigenvalue weighted by Gasteiger charge is -1.99. The van der Waals surface area contributed by atoms with Gasteiger partial charge < -0.3 is 10.5 Å². The molecule has 0 aliphatic carbocycles. The van der Waals surface area contributed by atoms with Crippen molar-refractivity contribution >= 4 is 39.4 Å². The van der Waals surface area contributed by atoms with Gasteiger partial charge in [-0.25, -0.2) is 4.98 Å². The molecule has 0 unspecified atom stereocenters. The van der Waals surface area contributed by atoms with E-state index in [9.17, 15) is 0 Å². The molecule has 1 heterocycles. The fourth-order valence-electron chi connectivity index (χ4n) is 2.75. The minimum atomic E-state index is 0.773. The topological polar surface area (TPSA) is 48.1 Å². The maximum absolute atomic E-state index is 5.81. The summed E-state index contributed by atoms with van der Waals surface area (Å²) in [5.41, 5.74) is 10.9. The first-order valence-electron chi connectivity index (χ1n) is 8.30. The maximum Gasteiger partial charge on any atom is 0.124 e. The fraction of sp³-hybridized carbons (Fsp3) is 0.0455. The molecule has 0 fully saturated rings. The zero-order valence-corrected chi connectivity index (χ0v) is 15.2. The Morgan fingerprint density at radius 1 is 0.923 bits per heavy atom. The van der Waals surface area contributed by atoms with E-state index in [1.807, 2.05) is 42.5 Å². The Bertz CT molecular complexity index is 1080. The summed E-state index contributed by atoms with van der Waals surface area (Å²) < 4.78 is 6.42. The first-order valence-corrected chi connectivity index (χ1v) is 9.11. The molecule has 0 saturated heterocycles. The molecule has 1 aromatic heterocycles. The summed E-state index contributed by atoms with van der Waals surface area (Å²) in [4.78, 5) is 4.72. The number of rotatable bonds is 4. The Balaban J connectivity index is 1.57. The van der Waals surface area contributed by atoms with E-state index >= 15 is 0 Å². The molecular weight excluding hydrogens is 340 g/mol. The minimum absolute atomic E-state index is 0.773. The molecule has 3 nitrogen and oxygen atoms in total. The number of nitrogens with zero attached hydrogens (tertiary/aromatic N) is 1. The van der Waals surface area contributed by atoms with Gasteiger partial charge in [0.1, 0.15) is 10.8 Å². The van der Waals surface area contributed by atoms with E-state index in [1.165, 1.54) is 0 Å². The van der Waals surface area contributed by atoms with Crippen molar-refractivity contribution in [1.29, 1.82) is 0 Å². The Morgan fingerprint density at radius 2 is 1.73 bits per heavy atom. The Hall–Kier alpha value is -3.11. The standard InChI is InChI=1S/C22H18N2OS/c1-25-19-11-12-20-21(14-19)26-22(24-20)17-9-7-15(8-10-17)5-6-16-3-2-4-18(23)13-16/h2-14H,23H2,1H3/b6-5+. The second-order valence-electron chi connectivity index (χ2n) is 5.98. The Kier molecular flexibility index (Phi) is 4.42. The summed E-state index contributed by atoms with van der Waals surface area (Å²) >= 11 is 1.67. The number of fused-ring (bicyclic) bond motifs is 1. The number of nitrogens with two attached hydrogens (primary N) is 1. The maximum atomic E-state index is 5.81. The molecular formula is C22H18N2OS. The lowest BCUT2D eigenvalue weighted by Crippen LogP contribution is -1.83. The summed E-state index contributed by atoms with van der Waals surface area (Å²) in [5.74, 6) is 0.856. The van der Waals surface area contributed by atoms with Crippen LogP contribution in [0.5, 0.6) is 5.75 Å². The van der Waals surface area contributed by atoms with E-state index in [4.69, 9.17) is 15.5 Å². The summed E-state index contributed by atoms with van der Waals surface area (Å²) in [5, 5.41) is 1.01. The largest absolute Gasteiger partial charge is 0.497 e. The average molecular weight is 358 g/mol. The van der Waals surface area contributed by atoms with Gasteiger partial charge in [-0.15, -0.1) is 11.3 Å². The van der Waals surface area contributed by atoms with Gasteiger partial charge in [0, 0.05) is 11.3 Å². The van der Waals surface area contributed by atoms with Crippen molar-refractivity contribution in [2.45, 2.75) is 0 Å². The van der Waals surface area contributed by atoms with Crippen LogP contribution in [0.4, 0.5) is 5.69 Å². The Morgan fingerprint density at radius 3 is 2.50 bits per heavy atom. The van der Waals surface area contributed by atoms with Crippen LogP contribution in [-0.4, -0.2) is 12.1 Å². The van der Waals surface area contributed by atoms with Gasteiger partial charge in [-0.1, -0.05) is 48.6 Å². The molecule has 0 atom stereocenters. The first-order chi connectivity index (χ1) is 12.7. The lowest BCUT2D eigenvalue weighted by molar-refractivity contribution is 0.415. The van der Waals surface area contributed by atoms with Gasteiger partial charge >= 0.3 is 0 Å². The quantitative estimate of drug-likeness (QED) is 0.375. The van der Waals surface area contributed by atoms with Crippen molar-refractivity contribution in [3.63, 3.8) is 0 Å². The SMILES string of the molecule is COc1ccc2nc(-c3ccc(/C=C/c4cccc(N)c4)cc3)sc2c1. The van der Waals surface area contributed by atoms with E-state index in [0.29, 0.717) is 0 Å². The van der Waals surface area contributed by atoms with Crippen LogP contribution in [0.1, 0.15) is 11.1 Å². The number of methoxy groups -OCH3 is 1. The highest BCUT2D eigenvalue weighted by Gasteiger charge is 2.07. The summed E-state index contributed by atoms with van der Waals surface area (Å²) in [7, 11) is 1.68. The van der Waals surface area contributed by atoms with E-state index in [1.54, 1.807) is 18.4 Å². The third kappa shape index (κ3) is 3.46. The van der Waals surface area contributed by atoms with Gasteiger partial charge in [-0.2, -0.15) is 0 Å². The molecule has 0 amide bonds. The number of benzene rings is 3. The third-order valence-corrected chi connectivity index (χ3v) is 5.20. The van der Waals surface area contributed by atoms with Crippen LogP contribution in [0.25, 0.3) is 32.9 Å². The summed E-state index contributed by atoms with van der Waals surface area (Å²) in [6, 6.07) is 22.2. The van der Waals surface area contributed by atoms with E-state index in [2.05, 4.69) is 36.4 Å². The van der Waals surface area contributed by atoms with Gasteiger partial charge in [0.25, 0.3) is 0 Å². The van der Waals surface area contributed by atoms with Gasteiger partial charge in [-0.3, -0.25) is 0 Å². The molecule has 26 heavy (non-hydrogen) atoms. The smallest absolute Gasteiger partial charge is 0.124 e. The van der Waals surface area contributed by atoms with Crippen molar-refractivity contribution in [3.05, 3.63) is 77.9 Å². The molecule has 0 aliphatic rings. The number of anilines is 1. The van der Waals surface area contributed by atoms with Gasteiger partial charge in [0.15, 0.2) is 0 Å². The molecule has 0 radical (unpaired) electrons. The zero-order valence-electron chi connectivity index (χ0n) is 14.3. The molecule has 4 rings (SSSR count). The highest BCUT2D eigenvalue weighted by molar-refractivity contribution is 7.21. The number of hydrogen-bond acceptors (Lipinski definition) is 4. The summed E-state index contributed by atoms with van der Waals surface area (Å²) in [6.45, 7) is 0. The van der Waals surface area contributed by atoms with E-state index < -0.39 is 0 Å². The predicted molar refractivity (Wildman–Crippen MR) is 111 cm³/mol. The van der Waals surface area contributed by atoms with Crippen LogP contribution < -0.4 is 10.5 Å². The van der Waals surface area contributed by atoms with Gasteiger partial charge in [0.2, 0.25) is 0 Å². The number of hydrogen-bond donors (Lipinski definition) is 1. The van der Waals surface area contributed by atoms with Crippen molar-refractivity contribution in [2.24, 2.45) is 0 Å². The highest BCUT2D eigenvalue weighted by atomic mass is 32.1. The van der Waals surface area contributed by atoms with Crippen molar-refractivity contribution in [1.82, 2.24) is 4.98 Å². The molecule has 3 aromatic carbocycles. The number of aromatic nitrogens is 1.